The van der Waals surface area contributed by atoms with Crippen LogP contribution in [0.5, 0.6) is 0 Å². The van der Waals surface area contributed by atoms with Gasteiger partial charge in [-0.1, -0.05) is 6.07 Å². The summed E-state index contributed by atoms with van der Waals surface area (Å²) < 4.78 is 2.23. The summed E-state index contributed by atoms with van der Waals surface area (Å²) in [5, 5.41) is 8.84. The highest BCUT2D eigenvalue weighted by Gasteiger charge is 2.10. The van der Waals surface area contributed by atoms with Crippen molar-refractivity contribution in [1.29, 1.82) is 5.26 Å². The second-order valence-corrected chi connectivity index (χ2v) is 4.91. The van der Waals surface area contributed by atoms with Crippen molar-refractivity contribution in [2.75, 3.05) is 0 Å². The zero-order chi connectivity index (χ0) is 13.3. The highest BCUT2D eigenvalue weighted by atomic mass is 15.0. The highest BCUT2D eigenvalue weighted by molar-refractivity contribution is 5.45. The van der Waals surface area contributed by atoms with Gasteiger partial charge in [-0.15, -0.1) is 0 Å². The Morgan fingerprint density at radius 2 is 1.61 bits per heavy atom. The van der Waals surface area contributed by atoms with Crippen LogP contribution in [0.1, 0.15) is 28.1 Å². The van der Waals surface area contributed by atoms with Crippen LogP contribution >= 0.6 is 0 Å². The second kappa shape index (κ2) is 4.70. The predicted octanol–water partition coefficient (Wildman–Crippen LogP) is 3.78. The Balaban J connectivity index is 2.60. The maximum Gasteiger partial charge on any atom is 0.0670 e. The monoisotopic (exact) mass is 238 g/mol. The van der Waals surface area contributed by atoms with E-state index in [-0.39, 0.29) is 0 Å². The molecule has 0 saturated heterocycles. The van der Waals surface area contributed by atoms with Gasteiger partial charge in [-0.2, -0.15) is 5.26 Å². The van der Waals surface area contributed by atoms with Crippen molar-refractivity contribution in [3.05, 3.63) is 52.3 Å². The SMILES string of the molecule is Cc1cc(C)cc(-n2c(C)cc(CC#N)c2C)c1. The minimum absolute atomic E-state index is 0.477. The van der Waals surface area contributed by atoms with Crippen LogP contribution in [0.15, 0.2) is 24.3 Å². The number of hydrogen-bond donors (Lipinski definition) is 0. The van der Waals surface area contributed by atoms with E-state index in [0.717, 1.165) is 5.56 Å². The van der Waals surface area contributed by atoms with E-state index in [2.05, 4.69) is 62.6 Å². The van der Waals surface area contributed by atoms with E-state index in [0.29, 0.717) is 6.42 Å². The van der Waals surface area contributed by atoms with Gasteiger partial charge in [0.25, 0.3) is 0 Å². The van der Waals surface area contributed by atoms with Crippen molar-refractivity contribution in [2.24, 2.45) is 0 Å². The van der Waals surface area contributed by atoms with Crippen molar-refractivity contribution < 1.29 is 0 Å². The van der Waals surface area contributed by atoms with Gasteiger partial charge < -0.3 is 4.57 Å². The lowest BCUT2D eigenvalue weighted by Gasteiger charge is -2.12. The summed E-state index contributed by atoms with van der Waals surface area (Å²) in [6.07, 6.45) is 0.477. The Hall–Kier alpha value is -2.01. The first-order chi connectivity index (χ1) is 8.52. The quantitative estimate of drug-likeness (QED) is 0.782. The first-order valence-corrected chi connectivity index (χ1v) is 6.16. The van der Waals surface area contributed by atoms with Gasteiger partial charge in [0, 0.05) is 17.1 Å². The van der Waals surface area contributed by atoms with Crippen LogP contribution < -0.4 is 0 Å². The van der Waals surface area contributed by atoms with E-state index < -0.39 is 0 Å². The predicted molar refractivity (Wildman–Crippen MR) is 74.0 cm³/mol. The molecule has 0 saturated carbocycles. The topological polar surface area (TPSA) is 28.7 Å². The summed E-state index contributed by atoms with van der Waals surface area (Å²) in [7, 11) is 0. The number of nitriles is 1. The molecule has 18 heavy (non-hydrogen) atoms. The van der Waals surface area contributed by atoms with Crippen LogP contribution in [0.4, 0.5) is 0 Å². The molecule has 1 heterocycles. The van der Waals surface area contributed by atoms with Crippen LogP contribution in [0.25, 0.3) is 5.69 Å². The average Bonchev–Trinajstić information content (AvgIpc) is 2.53. The van der Waals surface area contributed by atoms with E-state index in [1.165, 1.54) is 28.2 Å². The number of hydrogen-bond acceptors (Lipinski definition) is 1. The molecule has 0 amide bonds. The number of benzene rings is 1. The Kier molecular flexibility index (Phi) is 3.25. The molecule has 0 atom stereocenters. The van der Waals surface area contributed by atoms with Gasteiger partial charge in [0.05, 0.1) is 12.5 Å². The van der Waals surface area contributed by atoms with Crippen LogP contribution in [-0.4, -0.2) is 4.57 Å². The Morgan fingerprint density at radius 3 is 2.17 bits per heavy atom. The Bertz CT molecular complexity index is 607. The molecule has 0 radical (unpaired) electrons. The Morgan fingerprint density at radius 1 is 1.00 bits per heavy atom. The third-order valence-electron chi connectivity index (χ3n) is 3.27. The van der Waals surface area contributed by atoms with Gasteiger partial charge >= 0.3 is 0 Å². The molecule has 0 spiro atoms. The van der Waals surface area contributed by atoms with E-state index in [9.17, 15) is 0 Å². The summed E-state index contributed by atoms with van der Waals surface area (Å²) in [5.74, 6) is 0. The number of aryl methyl sites for hydroxylation is 3. The molecule has 2 aromatic rings. The summed E-state index contributed by atoms with van der Waals surface area (Å²) in [6, 6.07) is 10.9. The highest BCUT2D eigenvalue weighted by Crippen LogP contribution is 2.22. The molecule has 1 aromatic carbocycles. The van der Waals surface area contributed by atoms with Crippen LogP contribution in [-0.2, 0) is 6.42 Å². The van der Waals surface area contributed by atoms with Gasteiger partial charge in [0.15, 0.2) is 0 Å². The van der Waals surface area contributed by atoms with Crippen LogP contribution in [0.2, 0.25) is 0 Å². The molecule has 0 unspecified atom stereocenters. The number of aromatic nitrogens is 1. The largest absolute Gasteiger partial charge is 0.318 e. The molecular formula is C16H18N2. The van der Waals surface area contributed by atoms with E-state index in [4.69, 9.17) is 5.26 Å². The fourth-order valence-electron chi connectivity index (χ4n) is 2.57. The number of nitrogens with zero attached hydrogens (tertiary/aromatic N) is 2. The minimum atomic E-state index is 0.477. The van der Waals surface area contributed by atoms with E-state index >= 15 is 0 Å². The molecule has 0 aliphatic heterocycles. The van der Waals surface area contributed by atoms with E-state index in [1.807, 2.05) is 0 Å². The maximum atomic E-state index is 8.84. The van der Waals surface area contributed by atoms with Crippen molar-refractivity contribution in [2.45, 2.75) is 34.1 Å². The molecule has 92 valence electrons. The first-order valence-electron chi connectivity index (χ1n) is 6.16. The zero-order valence-electron chi connectivity index (χ0n) is 11.4. The molecule has 2 rings (SSSR count). The summed E-state index contributed by atoms with van der Waals surface area (Å²) >= 11 is 0. The fourth-order valence-corrected chi connectivity index (χ4v) is 2.57. The van der Waals surface area contributed by atoms with Crippen molar-refractivity contribution in [3.8, 4) is 11.8 Å². The lowest BCUT2D eigenvalue weighted by Crippen LogP contribution is -2.00. The molecule has 1 aromatic heterocycles. The summed E-state index contributed by atoms with van der Waals surface area (Å²) in [4.78, 5) is 0. The van der Waals surface area contributed by atoms with Gasteiger partial charge in [0.2, 0.25) is 0 Å². The van der Waals surface area contributed by atoms with E-state index in [1.54, 1.807) is 0 Å². The van der Waals surface area contributed by atoms with Gasteiger partial charge in [-0.05, 0) is 62.6 Å². The molecular weight excluding hydrogens is 220 g/mol. The summed E-state index contributed by atoms with van der Waals surface area (Å²) in [6.45, 7) is 8.39. The third kappa shape index (κ3) is 2.17. The molecule has 0 aliphatic carbocycles. The molecule has 0 N–H and O–H groups in total. The minimum Gasteiger partial charge on any atom is -0.318 e. The van der Waals surface area contributed by atoms with Gasteiger partial charge in [-0.25, -0.2) is 0 Å². The molecule has 2 nitrogen and oxygen atoms in total. The van der Waals surface area contributed by atoms with Crippen molar-refractivity contribution in [1.82, 2.24) is 4.57 Å². The van der Waals surface area contributed by atoms with Crippen LogP contribution in [0, 0.1) is 39.0 Å². The van der Waals surface area contributed by atoms with Crippen molar-refractivity contribution in [3.63, 3.8) is 0 Å². The lowest BCUT2D eigenvalue weighted by molar-refractivity contribution is 0.952. The smallest absolute Gasteiger partial charge is 0.0670 e. The maximum absolute atomic E-state index is 8.84. The normalized spacial score (nSPS) is 10.4. The summed E-state index contributed by atoms with van der Waals surface area (Å²) in [5.41, 5.74) is 7.18. The fraction of sp³-hybridized carbons (Fsp3) is 0.312. The first kappa shape index (κ1) is 12.4. The standard InChI is InChI=1S/C16H18N2/c1-11-7-12(2)9-16(8-11)18-13(3)10-15(5-6-17)14(18)4/h7-10H,5H2,1-4H3. The molecule has 0 fully saturated rings. The third-order valence-corrected chi connectivity index (χ3v) is 3.27. The van der Waals surface area contributed by atoms with Gasteiger partial charge in [0.1, 0.15) is 0 Å². The lowest BCUT2D eigenvalue weighted by atomic mass is 10.1. The van der Waals surface area contributed by atoms with Gasteiger partial charge in [-0.3, -0.25) is 0 Å². The number of rotatable bonds is 2. The molecule has 0 bridgehead atoms. The average molecular weight is 238 g/mol. The second-order valence-electron chi connectivity index (χ2n) is 4.91. The molecule has 2 heteroatoms. The van der Waals surface area contributed by atoms with Crippen molar-refractivity contribution >= 4 is 0 Å². The zero-order valence-corrected chi connectivity index (χ0v) is 11.4. The Labute approximate surface area is 108 Å². The van der Waals surface area contributed by atoms with Crippen LogP contribution in [0.3, 0.4) is 0 Å². The molecule has 0 aliphatic rings.